The Hall–Kier alpha value is -2.55. The summed E-state index contributed by atoms with van der Waals surface area (Å²) in [5.41, 5.74) is 4.92. The second-order valence-electron chi connectivity index (χ2n) is 5.07. The van der Waals surface area contributed by atoms with E-state index in [2.05, 4.69) is 29.8 Å². The molecule has 1 heterocycles. The number of fused-ring (bicyclic) bond motifs is 1. The van der Waals surface area contributed by atoms with Gasteiger partial charge in [0, 0.05) is 17.3 Å². The van der Waals surface area contributed by atoms with E-state index in [1.807, 2.05) is 18.2 Å². The lowest BCUT2D eigenvalue weighted by Crippen LogP contribution is -2.13. The maximum atomic E-state index is 12.1. The molecule has 2 aromatic rings. The van der Waals surface area contributed by atoms with E-state index in [-0.39, 0.29) is 5.56 Å². The van der Waals surface area contributed by atoms with E-state index in [9.17, 15) is 4.79 Å². The van der Waals surface area contributed by atoms with E-state index in [0.717, 1.165) is 29.5 Å². The second kappa shape index (κ2) is 5.44. The standard InChI is InChI=1S/C18H17NO2/c1-12(21-2)14-9-8-13-5-3-6-15(17(13)11-14)16-7-4-10-19-18(16)20/h4,6-11H,1,3,5H2,2H3,(H,19,20). The summed E-state index contributed by atoms with van der Waals surface area (Å²) >= 11 is 0. The van der Waals surface area contributed by atoms with Crippen LogP contribution < -0.4 is 5.56 Å². The SMILES string of the molecule is C=C(OC)c1ccc2c(c1)C(c1ccc[nH]c1=O)=CCC2. The molecule has 0 saturated carbocycles. The molecule has 1 N–H and O–H groups in total. The summed E-state index contributed by atoms with van der Waals surface area (Å²) in [5, 5.41) is 0. The van der Waals surface area contributed by atoms with Crippen molar-refractivity contribution in [1.82, 2.24) is 4.98 Å². The molecule has 3 heteroatoms. The van der Waals surface area contributed by atoms with Crippen molar-refractivity contribution in [2.45, 2.75) is 12.8 Å². The largest absolute Gasteiger partial charge is 0.497 e. The number of hydrogen-bond donors (Lipinski definition) is 1. The summed E-state index contributed by atoms with van der Waals surface area (Å²) in [6.07, 6.45) is 5.72. The third kappa shape index (κ3) is 2.42. The van der Waals surface area contributed by atoms with Crippen LogP contribution in [0.1, 0.15) is 28.7 Å². The Morgan fingerprint density at radius 2 is 2.14 bits per heavy atom. The number of rotatable bonds is 3. The van der Waals surface area contributed by atoms with Gasteiger partial charge in [-0.05, 0) is 47.7 Å². The molecule has 0 aliphatic heterocycles. The highest BCUT2D eigenvalue weighted by Gasteiger charge is 2.17. The lowest BCUT2D eigenvalue weighted by molar-refractivity contribution is 0.371. The molecule has 106 valence electrons. The van der Waals surface area contributed by atoms with Gasteiger partial charge in [0.15, 0.2) is 0 Å². The van der Waals surface area contributed by atoms with Gasteiger partial charge in [-0.25, -0.2) is 0 Å². The number of aromatic amines is 1. The van der Waals surface area contributed by atoms with E-state index < -0.39 is 0 Å². The first-order chi connectivity index (χ1) is 10.2. The Morgan fingerprint density at radius 1 is 1.29 bits per heavy atom. The fraction of sp³-hybridized carbons (Fsp3) is 0.167. The number of allylic oxidation sites excluding steroid dienone is 1. The molecule has 0 unspecified atom stereocenters. The topological polar surface area (TPSA) is 42.1 Å². The quantitative estimate of drug-likeness (QED) is 0.875. The summed E-state index contributed by atoms with van der Waals surface area (Å²) in [7, 11) is 1.61. The lowest BCUT2D eigenvalue weighted by Gasteiger charge is -2.19. The van der Waals surface area contributed by atoms with Gasteiger partial charge in [0.05, 0.1) is 7.11 Å². The van der Waals surface area contributed by atoms with Crippen LogP contribution in [0.5, 0.6) is 0 Å². The number of benzene rings is 1. The molecule has 0 radical (unpaired) electrons. The first-order valence-corrected chi connectivity index (χ1v) is 6.95. The molecule has 1 aliphatic carbocycles. The average molecular weight is 279 g/mol. The monoisotopic (exact) mass is 279 g/mol. The number of hydrogen-bond acceptors (Lipinski definition) is 2. The molecular formula is C18H17NO2. The number of methoxy groups -OCH3 is 1. The molecule has 3 rings (SSSR count). The normalized spacial score (nSPS) is 13.3. The van der Waals surface area contributed by atoms with Crippen LogP contribution in [0.15, 0.2) is 54.0 Å². The third-order valence-electron chi connectivity index (χ3n) is 3.84. The van der Waals surface area contributed by atoms with Crippen molar-refractivity contribution < 1.29 is 4.74 Å². The average Bonchev–Trinajstić information content (AvgIpc) is 2.53. The van der Waals surface area contributed by atoms with Gasteiger partial charge in [-0.15, -0.1) is 0 Å². The van der Waals surface area contributed by atoms with Gasteiger partial charge in [-0.1, -0.05) is 24.8 Å². The summed E-state index contributed by atoms with van der Waals surface area (Å²) in [5.74, 6) is 0.629. The maximum Gasteiger partial charge on any atom is 0.255 e. The number of H-pyrrole nitrogens is 1. The van der Waals surface area contributed by atoms with Crippen LogP contribution in [0.4, 0.5) is 0 Å². The van der Waals surface area contributed by atoms with Crippen molar-refractivity contribution in [3.63, 3.8) is 0 Å². The molecule has 0 fully saturated rings. The zero-order chi connectivity index (χ0) is 14.8. The fourth-order valence-corrected chi connectivity index (χ4v) is 2.71. The second-order valence-corrected chi connectivity index (χ2v) is 5.07. The summed E-state index contributed by atoms with van der Waals surface area (Å²) in [6.45, 7) is 3.90. The predicted molar refractivity (Wildman–Crippen MR) is 84.9 cm³/mol. The van der Waals surface area contributed by atoms with E-state index in [0.29, 0.717) is 11.3 Å². The lowest BCUT2D eigenvalue weighted by atomic mass is 9.86. The van der Waals surface area contributed by atoms with E-state index in [1.54, 1.807) is 13.3 Å². The highest BCUT2D eigenvalue weighted by Crippen LogP contribution is 2.32. The Morgan fingerprint density at radius 3 is 2.90 bits per heavy atom. The van der Waals surface area contributed by atoms with Crippen molar-refractivity contribution in [3.8, 4) is 0 Å². The van der Waals surface area contributed by atoms with Gasteiger partial charge in [0.1, 0.15) is 5.76 Å². The van der Waals surface area contributed by atoms with Gasteiger partial charge in [0.25, 0.3) is 5.56 Å². The van der Waals surface area contributed by atoms with Crippen LogP contribution in [-0.4, -0.2) is 12.1 Å². The minimum absolute atomic E-state index is 0.0624. The molecular weight excluding hydrogens is 262 g/mol. The van der Waals surface area contributed by atoms with Gasteiger partial charge in [-0.3, -0.25) is 4.79 Å². The van der Waals surface area contributed by atoms with Gasteiger partial charge in [-0.2, -0.15) is 0 Å². The van der Waals surface area contributed by atoms with Crippen LogP contribution >= 0.6 is 0 Å². The molecule has 1 aromatic carbocycles. The zero-order valence-electron chi connectivity index (χ0n) is 12.0. The van der Waals surface area contributed by atoms with E-state index >= 15 is 0 Å². The van der Waals surface area contributed by atoms with Gasteiger partial charge >= 0.3 is 0 Å². The van der Waals surface area contributed by atoms with Gasteiger partial charge < -0.3 is 9.72 Å². The first-order valence-electron chi connectivity index (χ1n) is 6.95. The Labute approximate surface area is 123 Å². The summed E-state index contributed by atoms with van der Waals surface area (Å²) in [6, 6.07) is 9.88. The van der Waals surface area contributed by atoms with Crippen molar-refractivity contribution >= 4 is 11.3 Å². The minimum atomic E-state index is -0.0624. The Balaban J connectivity index is 2.15. The molecule has 0 amide bonds. The van der Waals surface area contributed by atoms with Crippen LogP contribution in [0, 0.1) is 0 Å². The highest BCUT2D eigenvalue weighted by molar-refractivity contribution is 5.83. The summed E-state index contributed by atoms with van der Waals surface area (Å²) < 4.78 is 5.21. The third-order valence-corrected chi connectivity index (χ3v) is 3.84. The molecule has 0 bridgehead atoms. The van der Waals surface area contributed by atoms with E-state index in [1.165, 1.54) is 5.56 Å². The predicted octanol–water partition coefficient (Wildman–Crippen LogP) is 3.37. The molecule has 3 nitrogen and oxygen atoms in total. The molecule has 0 atom stereocenters. The molecule has 0 spiro atoms. The van der Waals surface area contributed by atoms with Crippen molar-refractivity contribution in [2.75, 3.05) is 7.11 Å². The maximum absolute atomic E-state index is 12.1. The number of nitrogens with one attached hydrogen (secondary N) is 1. The Bertz CT molecular complexity index is 784. The zero-order valence-corrected chi connectivity index (χ0v) is 12.0. The van der Waals surface area contributed by atoms with Gasteiger partial charge in [0.2, 0.25) is 0 Å². The van der Waals surface area contributed by atoms with Crippen molar-refractivity contribution in [3.05, 3.63) is 81.8 Å². The van der Waals surface area contributed by atoms with Crippen LogP contribution in [0.25, 0.3) is 11.3 Å². The van der Waals surface area contributed by atoms with Crippen molar-refractivity contribution in [1.29, 1.82) is 0 Å². The number of aryl methyl sites for hydroxylation is 1. The smallest absolute Gasteiger partial charge is 0.255 e. The minimum Gasteiger partial charge on any atom is -0.497 e. The fourth-order valence-electron chi connectivity index (χ4n) is 2.71. The van der Waals surface area contributed by atoms with Crippen LogP contribution in [0.3, 0.4) is 0 Å². The van der Waals surface area contributed by atoms with Crippen LogP contribution in [-0.2, 0) is 11.2 Å². The molecule has 1 aromatic heterocycles. The number of ether oxygens (including phenoxy) is 1. The highest BCUT2D eigenvalue weighted by atomic mass is 16.5. The Kier molecular flexibility index (Phi) is 3.48. The first kappa shape index (κ1) is 13.4. The van der Waals surface area contributed by atoms with Crippen molar-refractivity contribution in [2.24, 2.45) is 0 Å². The van der Waals surface area contributed by atoms with Crippen LogP contribution in [0.2, 0.25) is 0 Å². The molecule has 0 saturated heterocycles. The summed E-state index contributed by atoms with van der Waals surface area (Å²) in [4.78, 5) is 14.8. The molecule has 1 aliphatic rings. The number of pyridine rings is 1. The molecule has 21 heavy (non-hydrogen) atoms. The number of aromatic nitrogens is 1. The van der Waals surface area contributed by atoms with E-state index in [4.69, 9.17) is 4.74 Å².